The highest BCUT2D eigenvalue weighted by Crippen LogP contribution is 2.66. The molecule has 3 heteroatoms. The van der Waals surface area contributed by atoms with Crippen LogP contribution in [-0.2, 0) is 9.59 Å². The third kappa shape index (κ3) is 1.78. The molecule has 0 aromatic carbocycles. The van der Waals surface area contributed by atoms with Crippen LogP contribution in [0.15, 0.2) is 11.6 Å². The van der Waals surface area contributed by atoms with Gasteiger partial charge in [0.2, 0.25) is 0 Å². The van der Waals surface area contributed by atoms with Crippen LogP contribution in [0.25, 0.3) is 0 Å². The molecule has 1 saturated heterocycles. The molecule has 5 rings (SSSR count). The van der Waals surface area contributed by atoms with E-state index in [0.29, 0.717) is 22.9 Å². The van der Waals surface area contributed by atoms with E-state index in [1.54, 1.807) is 0 Å². The van der Waals surface area contributed by atoms with Crippen molar-refractivity contribution in [1.82, 2.24) is 0 Å². The standard InChI is InChI=1S/C20H26O2S/c1-19-7-6-16-14(15(19)4-5-18(19)22)3-2-13-8-17(21)12-9-20(13,16)11-23-10-12/h8,12,14-16H,2-7,9-11H2,1H3/t12-,14+,15+,16+,19+,20-/m0/s1. The maximum Gasteiger partial charge on any atom is 0.159 e. The van der Waals surface area contributed by atoms with E-state index >= 15 is 0 Å². The van der Waals surface area contributed by atoms with Crippen molar-refractivity contribution >= 4 is 23.3 Å². The molecular weight excluding hydrogens is 304 g/mol. The molecule has 0 amide bonds. The molecule has 6 atom stereocenters. The quantitative estimate of drug-likeness (QED) is 0.672. The van der Waals surface area contributed by atoms with E-state index in [1.807, 2.05) is 11.8 Å². The van der Waals surface area contributed by atoms with Crippen molar-refractivity contribution in [3.63, 3.8) is 0 Å². The van der Waals surface area contributed by atoms with Crippen LogP contribution in [0.4, 0.5) is 0 Å². The topological polar surface area (TPSA) is 34.1 Å². The minimum Gasteiger partial charge on any atom is -0.299 e. The summed E-state index contributed by atoms with van der Waals surface area (Å²) < 4.78 is 0. The fourth-order valence-corrected chi connectivity index (χ4v) is 8.63. The van der Waals surface area contributed by atoms with Crippen molar-refractivity contribution in [3.8, 4) is 0 Å². The van der Waals surface area contributed by atoms with Gasteiger partial charge in [0.15, 0.2) is 5.78 Å². The van der Waals surface area contributed by atoms with Gasteiger partial charge in [-0.1, -0.05) is 12.5 Å². The molecule has 124 valence electrons. The van der Waals surface area contributed by atoms with Crippen LogP contribution in [0.3, 0.4) is 0 Å². The molecule has 5 aliphatic rings. The van der Waals surface area contributed by atoms with Crippen molar-refractivity contribution in [2.75, 3.05) is 11.5 Å². The average Bonchev–Trinajstić information content (AvgIpc) is 2.85. The van der Waals surface area contributed by atoms with Gasteiger partial charge in [-0.3, -0.25) is 9.59 Å². The largest absolute Gasteiger partial charge is 0.299 e. The summed E-state index contributed by atoms with van der Waals surface area (Å²) in [5.41, 5.74) is 1.77. The molecule has 2 nitrogen and oxygen atoms in total. The van der Waals surface area contributed by atoms with Crippen LogP contribution in [0, 0.1) is 34.5 Å². The average molecular weight is 330 g/mol. The fourth-order valence-electron chi connectivity index (χ4n) is 7.07. The van der Waals surface area contributed by atoms with E-state index in [-0.39, 0.29) is 11.3 Å². The summed E-state index contributed by atoms with van der Waals surface area (Å²) in [6, 6.07) is 0. The molecule has 1 spiro atoms. The van der Waals surface area contributed by atoms with E-state index in [2.05, 4.69) is 13.0 Å². The predicted octanol–water partition coefficient (Wildman–Crippen LogP) is 4.04. The van der Waals surface area contributed by atoms with E-state index in [1.165, 1.54) is 24.2 Å². The van der Waals surface area contributed by atoms with Crippen LogP contribution in [0.1, 0.15) is 51.9 Å². The number of rotatable bonds is 0. The Labute approximate surface area is 142 Å². The first-order valence-corrected chi connectivity index (χ1v) is 10.6. The summed E-state index contributed by atoms with van der Waals surface area (Å²) in [5, 5.41) is 0. The number of allylic oxidation sites excluding steroid dienone is 1. The number of hydrogen-bond donors (Lipinski definition) is 0. The minimum atomic E-state index is -0.0231. The van der Waals surface area contributed by atoms with Crippen molar-refractivity contribution in [3.05, 3.63) is 11.6 Å². The third-order valence-corrected chi connectivity index (χ3v) is 9.61. The number of fused-ring (bicyclic) bond motifs is 4. The minimum absolute atomic E-state index is 0.0231. The summed E-state index contributed by atoms with van der Waals surface area (Å²) in [6.07, 6.45) is 9.74. The molecule has 0 N–H and O–H groups in total. The predicted molar refractivity (Wildman–Crippen MR) is 92.2 cm³/mol. The number of carbonyl (C=O) groups is 2. The second kappa shape index (κ2) is 4.74. The van der Waals surface area contributed by atoms with Crippen LogP contribution in [0.2, 0.25) is 0 Å². The molecular formula is C20H26O2S. The smallest absolute Gasteiger partial charge is 0.159 e. The van der Waals surface area contributed by atoms with Gasteiger partial charge in [0.05, 0.1) is 0 Å². The molecule has 0 radical (unpaired) electrons. The summed E-state index contributed by atoms with van der Waals surface area (Å²) in [4.78, 5) is 24.8. The zero-order chi connectivity index (χ0) is 15.8. The van der Waals surface area contributed by atoms with Gasteiger partial charge in [-0.2, -0.15) is 11.8 Å². The van der Waals surface area contributed by atoms with E-state index in [0.717, 1.165) is 49.7 Å². The fraction of sp³-hybridized carbons (Fsp3) is 0.800. The molecule has 0 aromatic heterocycles. The van der Waals surface area contributed by atoms with Gasteiger partial charge in [-0.25, -0.2) is 0 Å². The van der Waals surface area contributed by atoms with Crippen molar-refractivity contribution in [2.45, 2.75) is 51.9 Å². The maximum absolute atomic E-state index is 12.5. The molecule has 1 heterocycles. The lowest BCUT2D eigenvalue weighted by atomic mass is 9.46. The van der Waals surface area contributed by atoms with Gasteiger partial charge in [-0.15, -0.1) is 0 Å². The van der Waals surface area contributed by atoms with E-state index in [4.69, 9.17) is 0 Å². The van der Waals surface area contributed by atoms with Crippen LogP contribution in [-0.4, -0.2) is 23.1 Å². The molecule has 2 bridgehead atoms. The number of ketones is 2. The van der Waals surface area contributed by atoms with E-state index in [9.17, 15) is 9.59 Å². The second-order valence-corrected chi connectivity index (χ2v) is 10.0. The Kier molecular flexibility index (Phi) is 3.04. The summed E-state index contributed by atoms with van der Waals surface area (Å²) in [5.74, 6) is 5.54. The van der Waals surface area contributed by atoms with Gasteiger partial charge in [-0.05, 0) is 62.4 Å². The molecule has 4 aliphatic carbocycles. The Balaban J connectivity index is 1.56. The Morgan fingerprint density at radius 3 is 2.87 bits per heavy atom. The zero-order valence-corrected chi connectivity index (χ0v) is 14.8. The zero-order valence-electron chi connectivity index (χ0n) is 14.0. The monoisotopic (exact) mass is 330 g/mol. The third-order valence-electron chi connectivity index (χ3n) is 8.25. The molecule has 0 aromatic rings. The first kappa shape index (κ1) is 14.7. The molecule has 4 fully saturated rings. The Bertz CT molecular complexity index is 623. The highest BCUT2D eigenvalue weighted by molar-refractivity contribution is 7.99. The number of hydrogen-bond acceptors (Lipinski definition) is 3. The van der Waals surface area contributed by atoms with Gasteiger partial charge in [0.25, 0.3) is 0 Å². The summed E-state index contributed by atoms with van der Waals surface area (Å²) in [6.45, 7) is 2.26. The lowest BCUT2D eigenvalue weighted by Gasteiger charge is -2.60. The highest BCUT2D eigenvalue weighted by atomic mass is 32.2. The Morgan fingerprint density at radius 1 is 1.13 bits per heavy atom. The molecule has 1 aliphatic heterocycles. The number of thioether (sulfide) groups is 1. The Hall–Kier alpha value is -0.570. The highest BCUT2D eigenvalue weighted by Gasteiger charge is 2.61. The molecule has 3 saturated carbocycles. The number of carbonyl (C=O) groups excluding carboxylic acids is 2. The maximum atomic E-state index is 12.5. The van der Waals surface area contributed by atoms with Gasteiger partial charge < -0.3 is 0 Å². The first-order valence-electron chi connectivity index (χ1n) is 9.40. The van der Waals surface area contributed by atoms with Gasteiger partial charge >= 0.3 is 0 Å². The van der Waals surface area contributed by atoms with Gasteiger partial charge in [0.1, 0.15) is 5.78 Å². The van der Waals surface area contributed by atoms with Crippen molar-refractivity contribution in [1.29, 1.82) is 0 Å². The van der Waals surface area contributed by atoms with Crippen molar-refractivity contribution in [2.24, 2.45) is 34.5 Å². The lowest BCUT2D eigenvalue weighted by molar-refractivity contribution is -0.133. The Morgan fingerprint density at radius 2 is 2.00 bits per heavy atom. The SMILES string of the molecule is C[C@@]12CC[C@@H]3[C@H](CCC4=CC(=O)[C@@H]5CSC[C@@]43C5)[C@H]1CCC2=O. The van der Waals surface area contributed by atoms with Crippen LogP contribution < -0.4 is 0 Å². The second-order valence-electron chi connectivity index (χ2n) is 8.98. The normalized spacial score (nSPS) is 51.6. The molecule has 0 unspecified atom stereocenters. The van der Waals surface area contributed by atoms with Crippen LogP contribution >= 0.6 is 11.8 Å². The first-order chi connectivity index (χ1) is 11.0. The summed E-state index contributed by atoms with van der Waals surface area (Å²) in [7, 11) is 0. The van der Waals surface area contributed by atoms with Gasteiger partial charge in [0, 0.05) is 34.7 Å². The van der Waals surface area contributed by atoms with E-state index < -0.39 is 0 Å². The summed E-state index contributed by atoms with van der Waals surface area (Å²) >= 11 is 2.02. The van der Waals surface area contributed by atoms with Crippen molar-refractivity contribution < 1.29 is 9.59 Å². The van der Waals surface area contributed by atoms with Crippen LogP contribution in [0.5, 0.6) is 0 Å². The lowest BCUT2D eigenvalue weighted by Crippen LogP contribution is -2.55. The molecule has 23 heavy (non-hydrogen) atoms. The number of Topliss-reactive ketones (excluding diaryl/α,β-unsaturated/α-hetero) is 1.